The van der Waals surface area contributed by atoms with E-state index in [2.05, 4.69) is 10.6 Å². The second kappa shape index (κ2) is 8.97. The molecule has 1 fully saturated rings. The first-order chi connectivity index (χ1) is 15.3. The SMILES string of the molecule is CCOc1ccc(NC(=O)[C@@H]2CCCN2S(=O)(=O)c2cc3c(cc2Cl)NC(=O)CO3)cc1. The number of rotatable bonds is 6. The molecule has 2 N–H and O–H groups in total. The molecule has 1 atom stereocenters. The Balaban J connectivity index is 1.56. The number of carbonyl (C=O) groups excluding carboxylic acids is 2. The molecule has 2 amide bonds. The minimum atomic E-state index is -4.09. The highest BCUT2D eigenvalue weighted by molar-refractivity contribution is 7.89. The van der Waals surface area contributed by atoms with E-state index >= 15 is 0 Å². The number of hydrogen-bond acceptors (Lipinski definition) is 6. The molecular formula is C21H22ClN3O6S. The standard InChI is InChI=1S/C21H22ClN3O6S/c1-2-30-14-7-5-13(6-8-14)23-21(27)17-4-3-9-25(17)32(28,29)19-11-18-16(10-15(19)22)24-20(26)12-31-18/h5-8,10-11,17H,2-4,9,12H2,1H3,(H,23,27)(H,24,26)/t17-/m0/s1. The number of nitrogens with zero attached hydrogens (tertiary/aromatic N) is 1. The number of ether oxygens (including phenoxy) is 2. The lowest BCUT2D eigenvalue weighted by Gasteiger charge is -2.25. The van der Waals surface area contributed by atoms with Gasteiger partial charge in [-0.3, -0.25) is 9.59 Å². The van der Waals surface area contributed by atoms with Crippen LogP contribution < -0.4 is 20.1 Å². The zero-order valence-corrected chi connectivity index (χ0v) is 18.8. The number of anilines is 2. The first kappa shape index (κ1) is 22.4. The average molecular weight is 480 g/mol. The average Bonchev–Trinajstić information content (AvgIpc) is 3.26. The third-order valence-electron chi connectivity index (χ3n) is 5.19. The zero-order chi connectivity index (χ0) is 22.9. The minimum absolute atomic E-state index is 0.0629. The first-order valence-electron chi connectivity index (χ1n) is 10.1. The smallest absolute Gasteiger partial charge is 0.262 e. The predicted molar refractivity (Wildman–Crippen MR) is 119 cm³/mol. The van der Waals surface area contributed by atoms with Crippen molar-refractivity contribution in [2.24, 2.45) is 0 Å². The summed E-state index contributed by atoms with van der Waals surface area (Å²) in [4.78, 5) is 24.2. The van der Waals surface area contributed by atoms with Crippen LogP contribution in [0.4, 0.5) is 11.4 Å². The number of fused-ring (bicyclic) bond motifs is 1. The molecule has 2 aromatic rings. The second-order valence-corrected chi connectivity index (χ2v) is 9.60. The molecule has 2 aliphatic heterocycles. The van der Waals surface area contributed by atoms with Crippen molar-refractivity contribution in [2.45, 2.75) is 30.7 Å². The monoisotopic (exact) mass is 479 g/mol. The summed E-state index contributed by atoms with van der Waals surface area (Å²) in [5.41, 5.74) is 0.843. The zero-order valence-electron chi connectivity index (χ0n) is 17.3. The van der Waals surface area contributed by atoms with Crippen molar-refractivity contribution in [2.75, 3.05) is 30.4 Å². The van der Waals surface area contributed by atoms with Gasteiger partial charge in [-0.15, -0.1) is 0 Å². The molecule has 9 nitrogen and oxygen atoms in total. The van der Waals surface area contributed by atoms with Gasteiger partial charge in [0.25, 0.3) is 5.91 Å². The number of carbonyl (C=O) groups is 2. The summed E-state index contributed by atoms with van der Waals surface area (Å²) in [6.07, 6.45) is 0.924. The lowest BCUT2D eigenvalue weighted by molar-refractivity contribution is -0.119. The Morgan fingerprint density at radius 1 is 1.31 bits per heavy atom. The van der Waals surface area contributed by atoms with Gasteiger partial charge in [-0.05, 0) is 50.1 Å². The Hall–Kier alpha value is -2.82. The van der Waals surface area contributed by atoms with Crippen LogP contribution >= 0.6 is 11.6 Å². The molecule has 2 heterocycles. The van der Waals surface area contributed by atoms with Crippen LogP contribution in [0.25, 0.3) is 0 Å². The van der Waals surface area contributed by atoms with Crippen LogP contribution in [-0.4, -0.2) is 50.3 Å². The molecule has 0 bridgehead atoms. The van der Waals surface area contributed by atoms with Gasteiger partial charge in [0.2, 0.25) is 15.9 Å². The summed E-state index contributed by atoms with van der Waals surface area (Å²) in [5, 5.41) is 5.29. The van der Waals surface area contributed by atoms with E-state index in [0.717, 1.165) is 4.31 Å². The number of sulfonamides is 1. The maximum Gasteiger partial charge on any atom is 0.262 e. The Labute approximate surface area is 190 Å². The first-order valence-corrected chi connectivity index (χ1v) is 11.9. The van der Waals surface area contributed by atoms with Crippen LogP contribution in [0, 0.1) is 0 Å². The van der Waals surface area contributed by atoms with E-state index in [9.17, 15) is 18.0 Å². The second-order valence-electron chi connectivity index (χ2n) is 7.34. The summed E-state index contributed by atoms with van der Waals surface area (Å²) >= 11 is 6.24. The van der Waals surface area contributed by atoms with Crippen molar-refractivity contribution in [1.82, 2.24) is 4.31 Å². The third-order valence-corrected chi connectivity index (χ3v) is 7.57. The van der Waals surface area contributed by atoms with E-state index in [4.69, 9.17) is 21.1 Å². The van der Waals surface area contributed by atoms with Crippen LogP contribution in [0.1, 0.15) is 19.8 Å². The molecule has 4 rings (SSSR count). The summed E-state index contributed by atoms with van der Waals surface area (Å²) < 4.78 is 38.7. The number of benzene rings is 2. The van der Waals surface area contributed by atoms with E-state index in [1.54, 1.807) is 24.3 Å². The van der Waals surface area contributed by atoms with Crippen LogP contribution in [0.2, 0.25) is 5.02 Å². The molecule has 11 heteroatoms. The van der Waals surface area contributed by atoms with E-state index in [1.807, 2.05) is 6.92 Å². The van der Waals surface area contributed by atoms with Gasteiger partial charge in [-0.1, -0.05) is 11.6 Å². The summed E-state index contributed by atoms with van der Waals surface area (Å²) in [6.45, 7) is 2.38. The highest BCUT2D eigenvalue weighted by Crippen LogP contribution is 2.38. The fraction of sp³-hybridized carbons (Fsp3) is 0.333. The van der Waals surface area contributed by atoms with Crippen LogP contribution in [0.15, 0.2) is 41.3 Å². The highest BCUT2D eigenvalue weighted by Gasteiger charge is 2.41. The van der Waals surface area contributed by atoms with Gasteiger partial charge in [0, 0.05) is 18.3 Å². The number of halogens is 1. The highest BCUT2D eigenvalue weighted by atomic mass is 35.5. The maximum atomic E-state index is 13.4. The van der Waals surface area contributed by atoms with Crippen molar-refractivity contribution in [3.8, 4) is 11.5 Å². The summed E-state index contributed by atoms with van der Waals surface area (Å²) in [5.74, 6) is 0.112. The Morgan fingerprint density at radius 3 is 2.78 bits per heavy atom. The van der Waals surface area contributed by atoms with Gasteiger partial charge in [0.1, 0.15) is 22.4 Å². The molecule has 32 heavy (non-hydrogen) atoms. The molecule has 0 radical (unpaired) electrons. The van der Waals surface area contributed by atoms with E-state index in [0.29, 0.717) is 36.6 Å². The largest absolute Gasteiger partial charge is 0.494 e. The van der Waals surface area contributed by atoms with Gasteiger partial charge in [-0.2, -0.15) is 4.31 Å². The Bertz CT molecular complexity index is 1150. The third kappa shape index (κ3) is 4.38. The van der Waals surface area contributed by atoms with Crippen LogP contribution in [0.5, 0.6) is 11.5 Å². The van der Waals surface area contributed by atoms with Crippen molar-refractivity contribution >= 4 is 44.8 Å². The molecule has 1 saturated heterocycles. The van der Waals surface area contributed by atoms with Crippen LogP contribution in [-0.2, 0) is 19.6 Å². The fourth-order valence-corrected chi connectivity index (χ4v) is 5.90. The lowest BCUT2D eigenvalue weighted by atomic mass is 10.2. The van der Waals surface area contributed by atoms with E-state index in [1.165, 1.54) is 12.1 Å². The Kier molecular flexibility index (Phi) is 6.27. The number of hydrogen-bond donors (Lipinski definition) is 2. The fourth-order valence-electron chi connectivity index (χ4n) is 3.72. The molecule has 170 valence electrons. The molecule has 0 spiro atoms. The van der Waals surface area contributed by atoms with Crippen LogP contribution in [0.3, 0.4) is 0 Å². The van der Waals surface area contributed by atoms with Gasteiger partial charge in [0.15, 0.2) is 6.61 Å². The molecule has 0 unspecified atom stereocenters. The van der Waals surface area contributed by atoms with E-state index < -0.39 is 22.0 Å². The number of nitrogens with one attached hydrogen (secondary N) is 2. The summed E-state index contributed by atoms with van der Waals surface area (Å²) in [7, 11) is -4.09. The van der Waals surface area contributed by atoms with Gasteiger partial charge in [0.05, 0.1) is 17.3 Å². The van der Waals surface area contributed by atoms with Crippen molar-refractivity contribution < 1.29 is 27.5 Å². The van der Waals surface area contributed by atoms with Gasteiger partial charge in [-0.25, -0.2) is 8.42 Å². The molecule has 0 aliphatic carbocycles. The molecular weight excluding hydrogens is 458 g/mol. The molecule has 0 saturated carbocycles. The van der Waals surface area contributed by atoms with Gasteiger partial charge < -0.3 is 20.1 Å². The quantitative estimate of drug-likeness (QED) is 0.658. The lowest BCUT2D eigenvalue weighted by Crippen LogP contribution is -2.43. The predicted octanol–water partition coefficient (Wildman–Crippen LogP) is 2.86. The Morgan fingerprint density at radius 2 is 2.06 bits per heavy atom. The van der Waals surface area contributed by atoms with Gasteiger partial charge >= 0.3 is 0 Å². The summed E-state index contributed by atoms with van der Waals surface area (Å²) in [6, 6.07) is 8.60. The maximum absolute atomic E-state index is 13.4. The minimum Gasteiger partial charge on any atom is -0.494 e. The molecule has 2 aliphatic rings. The van der Waals surface area contributed by atoms with Crippen molar-refractivity contribution in [3.05, 3.63) is 41.4 Å². The normalized spacial score (nSPS) is 18.4. The topological polar surface area (TPSA) is 114 Å². The van der Waals surface area contributed by atoms with Crippen molar-refractivity contribution in [3.63, 3.8) is 0 Å². The van der Waals surface area contributed by atoms with Crippen molar-refractivity contribution in [1.29, 1.82) is 0 Å². The molecule has 2 aromatic carbocycles. The molecule has 0 aromatic heterocycles. The number of amides is 2. The van der Waals surface area contributed by atoms with E-state index in [-0.39, 0.29) is 34.7 Å².